The van der Waals surface area contributed by atoms with Crippen LogP contribution < -0.4 is 10.1 Å². The second-order valence-electron chi connectivity index (χ2n) is 2.77. The van der Waals surface area contributed by atoms with Gasteiger partial charge in [-0.3, -0.25) is 4.79 Å². The van der Waals surface area contributed by atoms with Crippen molar-refractivity contribution in [1.82, 2.24) is 5.32 Å². The number of ether oxygens (including phenoxy) is 1. The molecule has 0 radical (unpaired) electrons. The third-order valence-electron chi connectivity index (χ3n) is 1.57. The number of thiophene rings is 1. The fourth-order valence-electron chi connectivity index (χ4n) is 1.03. The van der Waals surface area contributed by atoms with E-state index in [4.69, 9.17) is 5.26 Å². The van der Waals surface area contributed by atoms with Crippen LogP contribution in [0.25, 0.3) is 0 Å². The van der Waals surface area contributed by atoms with Crippen molar-refractivity contribution in [3.05, 3.63) is 15.8 Å². The Hall–Kier alpha value is -1.68. The van der Waals surface area contributed by atoms with Gasteiger partial charge in [0.2, 0.25) is 0 Å². The van der Waals surface area contributed by atoms with Gasteiger partial charge in [0, 0.05) is 4.88 Å². The number of carbonyl (C=O) groups is 1. The Kier molecular flexibility index (Phi) is 4.19. The molecule has 1 N–H and O–H groups in total. The highest BCUT2D eigenvalue weighted by atomic mass is 32.1. The van der Waals surface area contributed by atoms with Gasteiger partial charge in [0.25, 0.3) is 5.91 Å². The number of rotatable bonds is 4. The molecule has 4 nitrogen and oxygen atoms in total. The lowest BCUT2D eigenvalue weighted by Crippen LogP contribution is -2.23. The number of nitrogens with zero attached hydrogens (tertiary/aromatic N) is 1. The molecule has 1 rings (SSSR count). The Morgan fingerprint density at radius 1 is 1.75 bits per heavy atom. The zero-order chi connectivity index (χ0) is 12.1. The molecule has 16 heavy (non-hydrogen) atoms. The molecular weight excluding hydrogens is 238 g/mol. The summed E-state index contributed by atoms with van der Waals surface area (Å²) >= 11 is 1.04. The highest BCUT2D eigenvalue weighted by molar-refractivity contribution is 7.14. The van der Waals surface area contributed by atoms with Crippen LogP contribution in [0.1, 0.15) is 14.5 Å². The van der Waals surface area contributed by atoms with Crippen LogP contribution in [0.15, 0.2) is 6.07 Å². The summed E-state index contributed by atoms with van der Waals surface area (Å²) in [6.45, 7) is -1.48. The molecule has 0 aliphatic carbocycles. The molecule has 0 aromatic carbocycles. The maximum Gasteiger partial charge on any atom is 0.387 e. The molecule has 0 saturated carbocycles. The highest BCUT2D eigenvalue weighted by Crippen LogP contribution is 2.29. The molecule has 0 atom stereocenters. The second kappa shape index (κ2) is 5.42. The van der Waals surface area contributed by atoms with Crippen LogP contribution in [0.3, 0.4) is 0 Å². The van der Waals surface area contributed by atoms with Crippen molar-refractivity contribution in [3.8, 4) is 11.8 Å². The Morgan fingerprint density at radius 3 is 3.00 bits per heavy atom. The summed E-state index contributed by atoms with van der Waals surface area (Å²) in [5.41, 5.74) is 0. The van der Waals surface area contributed by atoms with Crippen LogP contribution in [-0.2, 0) is 0 Å². The first-order valence-electron chi connectivity index (χ1n) is 4.25. The lowest BCUT2D eigenvalue weighted by molar-refractivity contribution is -0.0498. The number of nitriles is 1. The fourth-order valence-corrected chi connectivity index (χ4v) is 1.89. The number of amides is 1. The maximum atomic E-state index is 12.0. The van der Waals surface area contributed by atoms with Crippen LogP contribution in [0.4, 0.5) is 8.78 Å². The van der Waals surface area contributed by atoms with Crippen molar-refractivity contribution >= 4 is 17.2 Å². The largest absolute Gasteiger partial charge is 0.433 e. The first-order valence-corrected chi connectivity index (χ1v) is 5.06. The van der Waals surface area contributed by atoms with Crippen LogP contribution >= 0.6 is 11.3 Å². The molecule has 7 heteroatoms. The quantitative estimate of drug-likeness (QED) is 0.825. The Labute approximate surface area is 94.4 Å². The lowest BCUT2D eigenvalue weighted by Gasteiger charge is -2.04. The number of nitrogens with one attached hydrogen (secondary N) is 1. The average Bonchev–Trinajstić information content (AvgIpc) is 2.55. The van der Waals surface area contributed by atoms with Gasteiger partial charge >= 0.3 is 6.61 Å². The number of carbonyl (C=O) groups excluding carboxylic acids is 1. The molecule has 1 amide bonds. The van der Waals surface area contributed by atoms with E-state index in [9.17, 15) is 13.6 Å². The van der Waals surface area contributed by atoms with E-state index in [2.05, 4.69) is 10.1 Å². The Balaban J connectivity index is 2.86. The number of alkyl halides is 2. The molecule has 0 spiro atoms. The molecule has 0 unspecified atom stereocenters. The van der Waals surface area contributed by atoms with Crippen molar-refractivity contribution in [3.63, 3.8) is 0 Å². The number of hydrogen-bond donors (Lipinski definition) is 1. The topological polar surface area (TPSA) is 62.1 Å². The van der Waals surface area contributed by atoms with Gasteiger partial charge in [-0.15, -0.1) is 11.3 Å². The van der Waals surface area contributed by atoms with Crippen LogP contribution in [0, 0.1) is 18.3 Å². The van der Waals surface area contributed by atoms with Crippen LogP contribution in [0.5, 0.6) is 5.75 Å². The highest BCUT2D eigenvalue weighted by Gasteiger charge is 2.18. The SMILES string of the molecule is Cc1cc(OC(F)F)c(C(=O)NCC#N)s1. The first kappa shape index (κ1) is 12.4. The molecule has 1 heterocycles. The van der Waals surface area contributed by atoms with E-state index < -0.39 is 12.5 Å². The van der Waals surface area contributed by atoms with E-state index >= 15 is 0 Å². The molecular formula is C9H8F2N2O2S. The summed E-state index contributed by atoms with van der Waals surface area (Å²) in [5.74, 6) is -0.747. The van der Waals surface area contributed by atoms with Gasteiger partial charge in [0.15, 0.2) is 0 Å². The normalized spacial score (nSPS) is 9.94. The van der Waals surface area contributed by atoms with Gasteiger partial charge < -0.3 is 10.1 Å². The van der Waals surface area contributed by atoms with Gasteiger partial charge in [-0.1, -0.05) is 0 Å². The lowest BCUT2D eigenvalue weighted by atomic mass is 10.4. The third-order valence-corrected chi connectivity index (χ3v) is 2.60. The van der Waals surface area contributed by atoms with Crippen LogP contribution in [-0.4, -0.2) is 19.1 Å². The van der Waals surface area contributed by atoms with Crippen molar-refractivity contribution < 1.29 is 18.3 Å². The summed E-state index contributed by atoms with van der Waals surface area (Å²) in [7, 11) is 0. The molecule has 0 aliphatic rings. The van der Waals surface area contributed by atoms with Gasteiger partial charge in [-0.25, -0.2) is 0 Å². The van der Waals surface area contributed by atoms with Crippen molar-refractivity contribution in [2.75, 3.05) is 6.54 Å². The molecule has 1 aromatic heterocycles. The standard InChI is InChI=1S/C9H8F2N2O2S/c1-5-4-6(15-9(10)11)7(16-5)8(14)13-3-2-12/h4,9H,3H2,1H3,(H,13,14). The summed E-state index contributed by atoms with van der Waals surface area (Å²) < 4.78 is 28.2. The number of aryl methyl sites for hydroxylation is 1. The van der Waals surface area contributed by atoms with E-state index in [0.29, 0.717) is 4.88 Å². The second-order valence-corrected chi connectivity index (χ2v) is 4.03. The number of hydrogen-bond acceptors (Lipinski definition) is 4. The van der Waals surface area contributed by atoms with E-state index in [1.165, 1.54) is 6.07 Å². The average molecular weight is 246 g/mol. The Morgan fingerprint density at radius 2 is 2.44 bits per heavy atom. The van der Waals surface area contributed by atoms with Gasteiger partial charge in [0.05, 0.1) is 6.07 Å². The van der Waals surface area contributed by atoms with Crippen LogP contribution in [0.2, 0.25) is 0 Å². The fraction of sp³-hybridized carbons (Fsp3) is 0.333. The van der Waals surface area contributed by atoms with E-state index in [1.54, 1.807) is 13.0 Å². The smallest absolute Gasteiger partial charge is 0.387 e. The molecule has 1 aromatic rings. The van der Waals surface area contributed by atoms with E-state index in [-0.39, 0.29) is 17.2 Å². The monoisotopic (exact) mass is 246 g/mol. The molecule has 0 bridgehead atoms. The molecule has 0 fully saturated rings. The molecule has 0 saturated heterocycles. The minimum absolute atomic E-state index is 0.0491. The summed E-state index contributed by atoms with van der Waals surface area (Å²) in [6, 6.07) is 3.08. The predicted molar refractivity (Wildman–Crippen MR) is 53.6 cm³/mol. The van der Waals surface area contributed by atoms with Gasteiger partial charge in [0.1, 0.15) is 17.2 Å². The maximum absolute atomic E-state index is 12.0. The number of halogens is 2. The van der Waals surface area contributed by atoms with Crippen molar-refractivity contribution in [2.24, 2.45) is 0 Å². The van der Waals surface area contributed by atoms with Gasteiger partial charge in [-0.05, 0) is 13.0 Å². The minimum atomic E-state index is -2.98. The molecule has 86 valence electrons. The third kappa shape index (κ3) is 3.17. The van der Waals surface area contributed by atoms with Gasteiger partial charge in [-0.2, -0.15) is 14.0 Å². The molecule has 0 aliphatic heterocycles. The van der Waals surface area contributed by atoms with E-state index in [0.717, 1.165) is 11.3 Å². The van der Waals surface area contributed by atoms with E-state index in [1.807, 2.05) is 0 Å². The predicted octanol–water partition coefficient (Wildman–Crippen LogP) is 1.91. The summed E-state index contributed by atoms with van der Waals surface area (Å²) in [6.07, 6.45) is 0. The first-order chi connectivity index (χ1) is 7.54. The zero-order valence-electron chi connectivity index (χ0n) is 8.29. The zero-order valence-corrected chi connectivity index (χ0v) is 9.11. The van der Waals surface area contributed by atoms with Crippen molar-refractivity contribution in [2.45, 2.75) is 13.5 Å². The van der Waals surface area contributed by atoms with Crippen molar-refractivity contribution in [1.29, 1.82) is 5.26 Å². The summed E-state index contributed by atoms with van der Waals surface area (Å²) in [5, 5.41) is 10.5. The summed E-state index contributed by atoms with van der Waals surface area (Å²) in [4.78, 5) is 12.2. The Bertz CT molecular complexity index is 426. The minimum Gasteiger partial charge on any atom is -0.433 e.